The smallest absolute Gasteiger partial charge is 0.312 e. The summed E-state index contributed by atoms with van der Waals surface area (Å²) in [6.07, 6.45) is 0.347. The van der Waals surface area contributed by atoms with Gasteiger partial charge in [-0.25, -0.2) is 8.78 Å². The molecule has 0 aromatic heterocycles. The zero-order valence-electron chi connectivity index (χ0n) is 10.3. The lowest BCUT2D eigenvalue weighted by Crippen LogP contribution is -2.49. The van der Waals surface area contributed by atoms with Gasteiger partial charge in [0.15, 0.2) is 0 Å². The Balaban J connectivity index is 2.71. The van der Waals surface area contributed by atoms with Gasteiger partial charge in [0.1, 0.15) is 0 Å². The lowest BCUT2D eigenvalue weighted by atomic mass is 9.71. The monoisotopic (exact) mass is 250 g/mol. The van der Waals surface area contributed by atoms with E-state index < -0.39 is 29.8 Å². The molecule has 0 spiro atoms. The molecule has 1 fully saturated rings. The van der Waals surface area contributed by atoms with Crippen LogP contribution in [0.5, 0.6) is 0 Å². The summed E-state index contributed by atoms with van der Waals surface area (Å²) in [7, 11) is 0. The summed E-state index contributed by atoms with van der Waals surface area (Å²) in [5.41, 5.74) is -1.48. The molecule has 0 aromatic carbocycles. The molecule has 5 heteroatoms. The van der Waals surface area contributed by atoms with Crippen molar-refractivity contribution in [3.63, 3.8) is 0 Å². The van der Waals surface area contributed by atoms with Crippen molar-refractivity contribution in [1.82, 2.24) is 0 Å². The van der Waals surface area contributed by atoms with Gasteiger partial charge in [-0.2, -0.15) is 0 Å². The van der Waals surface area contributed by atoms with E-state index in [0.29, 0.717) is 6.61 Å². The highest BCUT2D eigenvalue weighted by Gasteiger charge is 2.53. The Morgan fingerprint density at radius 3 is 2.71 bits per heavy atom. The van der Waals surface area contributed by atoms with E-state index in [1.807, 2.05) is 6.92 Å². The van der Waals surface area contributed by atoms with E-state index in [0.717, 1.165) is 12.8 Å². The maximum Gasteiger partial charge on any atom is 0.312 e. The Morgan fingerprint density at radius 1 is 1.53 bits per heavy atom. The number of hydrogen-bond donors (Lipinski definition) is 1. The van der Waals surface area contributed by atoms with Crippen LogP contribution in [0.1, 0.15) is 46.0 Å². The van der Waals surface area contributed by atoms with Crippen molar-refractivity contribution < 1.29 is 23.4 Å². The molecule has 0 aliphatic heterocycles. The van der Waals surface area contributed by atoms with Gasteiger partial charge in [0, 0.05) is 19.4 Å². The van der Waals surface area contributed by atoms with Crippen molar-refractivity contribution >= 4 is 5.97 Å². The number of ether oxygens (including phenoxy) is 1. The Morgan fingerprint density at radius 2 is 2.18 bits per heavy atom. The lowest BCUT2D eigenvalue weighted by Gasteiger charge is -2.41. The van der Waals surface area contributed by atoms with Crippen molar-refractivity contribution in [3.8, 4) is 0 Å². The third-order valence-electron chi connectivity index (χ3n) is 3.41. The molecule has 100 valence electrons. The topological polar surface area (TPSA) is 46.5 Å². The van der Waals surface area contributed by atoms with Crippen molar-refractivity contribution in [2.75, 3.05) is 6.61 Å². The minimum absolute atomic E-state index is 0.111. The van der Waals surface area contributed by atoms with Crippen molar-refractivity contribution in [3.05, 3.63) is 0 Å². The van der Waals surface area contributed by atoms with Crippen LogP contribution in [-0.4, -0.2) is 29.7 Å². The van der Waals surface area contributed by atoms with E-state index in [4.69, 9.17) is 9.84 Å². The molecule has 2 atom stereocenters. The van der Waals surface area contributed by atoms with Gasteiger partial charge in [0.05, 0.1) is 11.5 Å². The Hall–Kier alpha value is -0.710. The zero-order chi connectivity index (χ0) is 13.1. The van der Waals surface area contributed by atoms with Crippen LogP contribution >= 0.6 is 0 Å². The first kappa shape index (κ1) is 14.4. The third kappa shape index (κ3) is 3.37. The molecule has 1 aliphatic rings. The largest absolute Gasteiger partial charge is 0.481 e. The summed E-state index contributed by atoms with van der Waals surface area (Å²) in [6.45, 7) is 3.80. The first-order valence-corrected chi connectivity index (χ1v) is 6.04. The summed E-state index contributed by atoms with van der Waals surface area (Å²) in [5.74, 6) is -4.09. The second-order valence-corrected chi connectivity index (χ2v) is 5.01. The molecule has 0 heterocycles. The third-order valence-corrected chi connectivity index (χ3v) is 3.41. The molecular weight excluding hydrogens is 230 g/mol. The highest BCUT2D eigenvalue weighted by Crippen LogP contribution is 2.46. The highest BCUT2D eigenvalue weighted by molar-refractivity contribution is 5.75. The fraction of sp³-hybridized carbons (Fsp3) is 0.917. The number of alkyl halides is 2. The van der Waals surface area contributed by atoms with E-state index in [9.17, 15) is 13.6 Å². The van der Waals surface area contributed by atoms with Gasteiger partial charge in [-0.15, -0.1) is 0 Å². The molecule has 3 nitrogen and oxygen atoms in total. The summed E-state index contributed by atoms with van der Waals surface area (Å²) in [6, 6.07) is 0. The first-order chi connectivity index (χ1) is 7.82. The number of unbranched alkanes of at least 4 members (excludes halogenated alkanes) is 1. The number of carbonyl (C=O) groups is 1. The number of aliphatic carboxylic acids is 1. The fourth-order valence-corrected chi connectivity index (χ4v) is 2.25. The Bertz CT molecular complexity index is 281. The normalized spacial score (nSPS) is 32.4. The van der Waals surface area contributed by atoms with Crippen LogP contribution in [-0.2, 0) is 9.53 Å². The van der Waals surface area contributed by atoms with E-state index in [-0.39, 0.29) is 12.8 Å². The minimum atomic E-state index is -2.89. The molecule has 0 saturated heterocycles. The second kappa shape index (κ2) is 5.29. The SMILES string of the molecule is CCCCO[C@@H]1CCC(F)(F)C[C@]1(C)C(=O)O. The van der Waals surface area contributed by atoms with Gasteiger partial charge in [-0.05, 0) is 19.8 Å². The average molecular weight is 250 g/mol. The predicted octanol–water partition coefficient (Wildman–Crippen LogP) is 3.08. The molecule has 0 amide bonds. The summed E-state index contributed by atoms with van der Waals surface area (Å²) in [5, 5.41) is 9.14. The van der Waals surface area contributed by atoms with E-state index in [2.05, 4.69) is 0 Å². The molecule has 0 aromatic rings. The summed E-state index contributed by atoms with van der Waals surface area (Å²) in [4.78, 5) is 11.2. The van der Waals surface area contributed by atoms with Crippen LogP contribution in [0.2, 0.25) is 0 Å². The molecule has 0 radical (unpaired) electrons. The molecule has 0 unspecified atom stereocenters. The number of halogens is 2. The van der Waals surface area contributed by atoms with Crippen LogP contribution in [0.3, 0.4) is 0 Å². The molecule has 0 bridgehead atoms. The average Bonchev–Trinajstić information content (AvgIpc) is 2.20. The zero-order valence-corrected chi connectivity index (χ0v) is 10.3. The van der Waals surface area contributed by atoms with Crippen molar-refractivity contribution in [2.45, 2.75) is 58.0 Å². The van der Waals surface area contributed by atoms with Gasteiger partial charge in [0.2, 0.25) is 5.92 Å². The number of hydrogen-bond acceptors (Lipinski definition) is 2. The van der Waals surface area contributed by atoms with Gasteiger partial charge >= 0.3 is 5.97 Å². The lowest BCUT2D eigenvalue weighted by molar-refractivity contribution is -0.183. The standard InChI is InChI=1S/C12H20F2O3/c1-3-4-7-17-9-5-6-12(13,14)8-11(9,2)10(15)16/h9H,3-8H2,1-2H3,(H,15,16)/t9-,11+/m1/s1. The first-order valence-electron chi connectivity index (χ1n) is 6.04. The van der Waals surface area contributed by atoms with E-state index >= 15 is 0 Å². The van der Waals surface area contributed by atoms with Crippen molar-refractivity contribution in [1.29, 1.82) is 0 Å². The number of carboxylic acids is 1. The van der Waals surface area contributed by atoms with Crippen LogP contribution < -0.4 is 0 Å². The predicted molar refractivity (Wildman–Crippen MR) is 59.2 cm³/mol. The Kier molecular flexibility index (Phi) is 4.47. The van der Waals surface area contributed by atoms with Crippen LogP contribution in [0, 0.1) is 5.41 Å². The highest BCUT2D eigenvalue weighted by atomic mass is 19.3. The molecule has 17 heavy (non-hydrogen) atoms. The van der Waals surface area contributed by atoms with E-state index in [1.54, 1.807) is 0 Å². The van der Waals surface area contributed by atoms with Crippen LogP contribution in [0.25, 0.3) is 0 Å². The maximum atomic E-state index is 13.3. The van der Waals surface area contributed by atoms with Crippen LogP contribution in [0.4, 0.5) is 8.78 Å². The molecule has 1 saturated carbocycles. The van der Waals surface area contributed by atoms with Gasteiger partial charge < -0.3 is 9.84 Å². The Labute approximate surface area is 100 Å². The number of carboxylic acid groups (broad SMARTS) is 1. The summed E-state index contributed by atoms with van der Waals surface area (Å²) >= 11 is 0. The molecular formula is C12H20F2O3. The second-order valence-electron chi connectivity index (χ2n) is 5.01. The van der Waals surface area contributed by atoms with Gasteiger partial charge in [-0.3, -0.25) is 4.79 Å². The quantitative estimate of drug-likeness (QED) is 0.763. The van der Waals surface area contributed by atoms with Gasteiger partial charge in [0.25, 0.3) is 0 Å². The molecule has 1 rings (SSSR count). The fourth-order valence-electron chi connectivity index (χ4n) is 2.25. The van der Waals surface area contributed by atoms with Crippen LogP contribution in [0.15, 0.2) is 0 Å². The maximum absolute atomic E-state index is 13.3. The number of rotatable bonds is 5. The summed E-state index contributed by atoms with van der Waals surface area (Å²) < 4.78 is 32.1. The minimum Gasteiger partial charge on any atom is -0.481 e. The van der Waals surface area contributed by atoms with E-state index in [1.165, 1.54) is 6.92 Å². The molecule has 1 N–H and O–H groups in total. The van der Waals surface area contributed by atoms with Crippen molar-refractivity contribution in [2.24, 2.45) is 5.41 Å². The van der Waals surface area contributed by atoms with Gasteiger partial charge in [-0.1, -0.05) is 13.3 Å². The molecule has 1 aliphatic carbocycles.